The lowest BCUT2D eigenvalue weighted by Crippen LogP contribution is -2.49. The Bertz CT molecular complexity index is 1060. The standard InChI is InChI=1S/C24H27N5O2S/c30-21-10-8-20(9-11-21)27-12-14-28(15-13-27)22(31)17-32-24-26-25-23(19-6-7-19)29(24)16-18-4-2-1-3-5-18/h1-5,8-11,19,30H,6-7,12-17H2. The molecule has 1 saturated heterocycles. The topological polar surface area (TPSA) is 74.5 Å². The number of anilines is 1. The minimum absolute atomic E-state index is 0.141. The highest BCUT2D eigenvalue weighted by molar-refractivity contribution is 7.99. The maximum atomic E-state index is 12.9. The van der Waals surface area contributed by atoms with E-state index < -0.39 is 0 Å². The highest BCUT2D eigenvalue weighted by Gasteiger charge is 2.31. The number of nitrogens with zero attached hydrogens (tertiary/aromatic N) is 5. The molecule has 2 heterocycles. The summed E-state index contributed by atoms with van der Waals surface area (Å²) >= 11 is 1.49. The highest BCUT2D eigenvalue weighted by Crippen LogP contribution is 2.40. The van der Waals surface area contributed by atoms with E-state index in [9.17, 15) is 9.90 Å². The van der Waals surface area contributed by atoms with Gasteiger partial charge in [-0.25, -0.2) is 0 Å². The maximum absolute atomic E-state index is 12.9. The van der Waals surface area contributed by atoms with Gasteiger partial charge in [-0.1, -0.05) is 42.1 Å². The number of carbonyl (C=O) groups is 1. The fourth-order valence-electron chi connectivity index (χ4n) is 4.06. The smallest absolute Gasteiger partial charge is 0.233 e. The first kappa shape index (κ1) is 20.9. The molecule has 0 atom stereocenters. The Morgan fingerprint density at radius 1 is 0.969 bits per heavy atom. The van der Waals surface area contributed by atoms with Crippen LogP contribution in [0.3, 0.4) is 0 Å². The minimum Gasteiger partial charge on any atom is -0.508 e. The Morgan fingerprint density at radius 2 is 1.69 bits per heavy atom. The molecular formula is C24H27N5O2S. The summed E-state index contributed by atoms with van der Waals surface area (Å²) in [5.74, 6) is 2.33. The molecule has 1 aliphatic carbocycles. The molecule has 2 aliphatic rings. The lowest BCUT2D eigenvalue weighted by Gasteiger charge is -2.36. The fourth-order valence-corrected chi connectivity index (χ4v) is 4.91. The number of carbonyl (C=O) groups excluding carboxylic acids is 1. The van der Waals surface area contributed by atoms with Crippen LogP contribution in [-0.4, -0.2) is 62.6 Å². The second-order valence-electron chi connectivity index (χ2n) is 8.36. The molecular weight excluding hydrogens is 422 g/mol. The number of benzene rings is 2. The summed E-state index contributed by atoms with van der Waals surface area (Å²) in [5, 5.41) is 19.2. The number of rotatable bonds is 7. The van der Waals surface area contributed by atoms with Gasteiger partial charge < -0.3 is 19.5 Å². The Hall–Kier alpha value is -3.00. The van der Waals surface area contributed by atoms with Gasteiger partial charge in [0.15, 0.2) is 5.16 Å². The van der Waals surface area contributed by atoms with Gasteiger partial charge in [-0.3, -0.25) is 4.79 Å². The van der Waals surface area contributed by atoms with Crippen LogP contribution in [0.15, 0.2) is 59.8 Å². The Morgan fingerprint density at radius 3 is 2.38 bits per heavy atom. The average molecular weight is 450 g/mol. The van der Waals surface area contributed by atoms with Crippen LogP contribution < -0.4 is 4.90 Å². The minimum atomic E-state index is 0.141. The molecule has 0 unspecified atom stereocenters. The summed E-state index contributed by atoms with van der Waals surface area (Å²) in [6.45, 7) is 3.71. The van der Waals surface area contributed by atoms with Crippen LogP contribution in [0.4, 0.5) is 5.69 Å². The van der Waals surface area contributed by atoms with E-state index in [1.807, 2.05) is 35.2 Å². The normalized spacial score (nSPS) is 16.4. The molecule has 1 saturated carbocycles. The first-order chi connectivity index (χ1) is 15.7. The molecule has 2 aromatic carbocycles. The number of piperazine rings is 1. The van der Waals surface area contributed by atoms with E-state index in [2.05, 4.69) is 31.8 Å². The summed E-state index contributed by atoms with van der Waals surface area (Å²) < 4.78 is 2.19. The number of aromatic hydroxyl groups is 1. The zero-order valence-corrected chi connectivity index (χ0v) is 18.7. The molecule has 1 aromatic heterocycles. The van der Waals surface area contributed by atoms with Crippen LogP contribution in [0.25, 0.3) is 0 Å². The Labute approximate surface area is 192 Å². The Kier molecular flexibility index (Phi) is 6.03. The summed E-state index contributed by atoms with van der Waals surface area (Å²) in [5.41, 5.74) is 2.29. The molecule has 8 heteroatoms. The maximum Gasteiger partial charge on any atom is 0.233 e. The largest absolute Gasteiger partial charge is 0.508 e. The zero-order chi connectivity index (χ0) is 21.9. The summed E-state index contributed by atoms with van der Waals surface area (Å²) in [6.07, 6.45) is 2.34. The third kappa shape index (κ3) is 4.75. The lowest BCUT2D eigenvalue weighted by molar-refractivity contribution is -0.128. The molecule has 3 aromatic rings. The van der Waals surface area contributed by atoms with Crippen molar-refractivity contribution in [1.29, 1.82) is 0 Å². The molecule has 1 aliphatic heterocycles. The molecule has 1 N–H and O–H groups in total. The predicted octanol–water partition coefficient (Wildman–Crippen LogP) is 3.35. The molecule has 7 nitrogen and oxygen atoms in total. The SMILES string of the molecule is O=C(CSc1nnc(C2CC2)n1Cc1ccccc1)N1CCN(c2ccc(O)cc2)CC1. The van der Waals surface area contributed by atoms with Gasteiger partial charge in [-0.15, -0.1) is 10.2 Å². The van der Waals surface area contributed by atoms with Crippen molar-refractivity contribution in [2.45, 2.75) is 30.5 Å². The van der Waals surface area contributed by atoms with Gasteiger partial charge in [0.25, 0.3) is 0 Å². The van der Waals surface area contributed by atoms with Gasteiger partial charge in [0.1, 0.15) is 11.6 Å². The molecule has 166 valence electrons. The second-order valence-corrected chi connectivity index (χ2v) is 9.30. The summed E-state index contributed by atoms with van der Waals surface area (Å²) in [4.78, 5) is 17.1. The fraction of sp³-hybridized carbons (Fsp3) is 0.375. The van der Waals surface area contributed by atoms with Crippen LogP contribution >= 0.6 is 11.8 Å². The van der Waals surface area contributed by atoms with Crippen molar-refractivity contribution in [2.75, 3.05) is 36.8 Å². The summed E-state index contributed by atoms with van der Waals surface area (Å²) in [7, 11) is 0. The third-order valence-electron chi connectivity index (χ3n) is 6.04. The van der Waals surface area contributed by atoms with Crippen LogP contribution in [0.1, 0.15) is 30.1 Å². The van der Waals surface area contributed by atoms with E-state index in [0.717, 1.165) is 36.3 Å². The molecule has 2 fully saturated rings. The Balaban J connectivity index is 1.19. The van der Waals surface area contributed by atoms with Crippen molar-refractivity contribution in [3.05, 3.63) is 66.0 Å². The van der Waals surface area contributed by atoms with Crippen molar-refractivity contribution in [3.63, 3.8) is 0 Å². The molecule has 0 radical (unpaired) electrons. The van der Waals surface area contributed by atoms with Crippen LogP contribution in [0.5, 0.6) is 5.75 Å². The lowest BCUT2D eigenvalue weighted by atomic mass is 10.2. The van der Waals surface area contributed by atoms with Gasteiger partial charge >= 0.3 is 0 Å². The number of aromatic nitrogens is 3. The van der Waals surface area contributed by atoms with Crippen molar-refractivity contribution in [1.82, 2.24) is 19.7 Å². The zero-order valence-electron chi connectivity index (χ0n) is 17.9. The van der Waals surface area contributed by atoms with E-state index in [4.69, 9.17) is 0 Å². The molecule has 0 spiro atoms. The first-order valence-electron chi connectivity index (χ1n) is 11.1. The van der Waals surface area contributed by atoms with E-state index in [0.29, 0.717) is 24.8 Å². The van der Waals surface area contributed by atoms with Gasteiger partial charge in [-0.2, -0.15) is 0 Å². The second kappa shape index (κ2) is 9.24. The number of phenolic OH excluding ortho intramolecular Hbond substituents is 1. The number of amides is 1. The van der Waals surface area contributed by atoms with E-state index in [1.54, 1.807) is 12.1 Å². The average Bonchev–Trinajstić information content (AvgIpc) is 3.60. The monoisotopic (exact) mass is 449 g/mol. The van der Waals surface area contributed by atoms with E-state index >= 15 is 0 Å². The van der Waals surface area contributed by atoms with E-state index in [-0.39, 0.29) is 11.7 Å². The quantitative estimate of drug-likeness (QED) is 0.558. The number of hydrogen-bond acceptors (Lipinski definition) is 6. The van der Waals surface area contributed by atoms with Gasteiger partial charge in [0.2, 0.25) is 5.91 Å². The van der Waals surface area contributed by atoms with Crippen LogP contribution in [0.2, 0.25) is 0 Å². The van der Waals surface area contributed by atoms with Gasteiger partial charge in [0, 0.05) is 37.8 Å². The summed E-state index contributed by atoms with van der Waals surface area (Å²) in [6, 6.07) is 17.6. The van der Waals surface area contributed by atoms with Crippen LogP contribution in [0, 0.1) is 0 Å². The number of phenols is 1. The third-order valence-corrected chi connectivity index (χ3v) is 6.99. The first-order valence-corrected chi connectivity index (χ1v) is 12.1. The van der Waals surface area contributed by atoms with Crippen molar-refractivity contribution in [3.8, 4) is 5.75 Å². The molecule has 32 heavy (non-hydrogen) atoms. The number of hydrogen-bond donors (Lipinski definition) is 1. The van der Waals surface area contributed by atoms with Crippen molar-refractivity contribution in [2.24, 2.45) is 0 Å². The molecule has 0 bridgehead atoms. The van der Waals surface area contributed by atoms with E-state index in [1.165, 1.54) is 30.2 Å². The number of thioether (sulfide) groups is 1. The van der Waals surface area contributed by atoms with Crippen molar-refractivity contribution >= 4 is 23.4 Å². The predicted molar refractivity (Wildman–Crippen MR) is 125 cm³/mol. The van der Waals surface area contributed by atoms with Gasteiger partial charge in [0.05, 0.1) is 12.3 Å². The van der Waals surface area contributed by atoms with Gasteiger partial charge in [-0.05, 0) is 42.7 Å². The highest BCUT2D eigenvalue weighted by atomic mass is 32.2. The molecule has 1 amide bonds. The van der Waals surface area contributed by atoms with Crippen LogP contribution in [-0.2, 0) is 11.3 Å². The van der Waals surface area contributed by atoms with Crippen molar-refractivity contribution < 1.29 is 9.90 Å². The molecule has 5 rings (SSSR count).